The highest BCUT2D eigenvalue weighted by molar-refractivity contribution is 7.13. The zero-order valence-corrected chi connectivity index (χ0v) is 10.6. The summed E-state index contributed by atoms with van der Waals surface area (Å²) in [5.41, 5.74) is 1.65. The molecule has 2 rings (SSSR count). The van der Waals surface area contributed by atoms with Crippen molar-refractivity contribution in [1.29, 1.82) is 5.26 Å². The molecular weight excluding hydrogens is 246 g/mol. The van der Waals surface area contributed by atoms with Gasteiger partial charge < -0.3 is 5.32 Å². The molecule has 0 saturated carbocycles. The van der Waals surface area contributed by atoms with Crippen LogP contribution in [0.5, 0.6) is 0 Å². The van der Waals surface area contributed by atoms with Gasteiger partial charge in [-0.05, 0) is 24.6 Å². The normalized spacial score (nSPS) is 9.78. The number of hydrogen-bond donors (Lipinski definition) is 1. The highest BCUT2D eigenvalue weighted by Gasteiger charge is 2.08. The van der Waals surface area contributed by atoms with Crippen LogP contribution in [-0.2, 0) is 6.42 Å². The molecule has 1 aromatic carbocycles. The number of nitrogens with one attached hydrogen (secondary N) is 1. The van der Waals surface area contributed by atoms with Crippen molar-refractivity contribution in [2.75, 3.05) is 5.32 Å². The number of carbonyl (C=O) groups excluding carboxylic acids is 1. The number of aryl methyl sites for hydroxylation is 1. The number of hydrogen-bond acceptors (Lipinski definition) is 4. The van der Waals surface area contributed by atoms with E-state index in [-0.39, 0.29) is 5.91 Å². The highest BCUT2D eigenvalue weighted by atomic mass is 32.1. The number of rotatable bonds is 3. The molecular formula is C13H11N3OS. The topological polar surface area (TPSA) is 65.8 Å². The molecule has 5 heteroatoms. The molecule has 1 N–H and O–H groups in total. The third-order valence-electron chi connectivity index (χ3n) is 2.34. The first kappa shape index (κ1) is 12.3. The Morgan fingerprint density at radius 1 is 1.44 bits per heavy atom. The second-order valence-corrected chi connectivity index (χ2v) is 4.96. The number of carbonyl (C=O) groups is 1. The molecule has 0 atom stereocenters. The van der Waals surface area contributed by atoms with Gasteiger partial charge in [-0.1, -0.05) is 12.1 Å². The van der Waals surface area contributed by atoms with Gasteiger partial charge in [-0.25, -0.2) is 4.98 Å². The first-order chi connectivity index (χ1) is 8.69. The van der Waals surface area contributed by atoms with Crippen molar-refractivity contribution in [1.82, 2.24) is 4.98 Å². The second-order valence-electron chi connectivity index (χ2n) is 3.73. The van der Waals surface area contributed by atoms with Gasteiger partial charge in [-0.2, -0.15) is 5.26 Å². The number of benzene rings is 1. The van der Waals surface area contributed by atoms with Crippen LogP contribution in [0.15, 0.2) is 30.5 Å². The summed E-state index contributed by atoms with van der Waals surface area (Å²) >= 11 is 1.36. The SMILES string of the molecule is Cc1ncc(C(=O)Nc2ccc(CC#N)cc2)s1. The van der Waals surface area contributed by atoms with E-state index in [0.29, 0.717) is 17.0 Å². The lowest BCUT2D eigenvalue weighted by Gasteiger charge is -2.03. The van der Waals surface area contributed by atoms with Gasteiger partial charge >= 0.3 is 0 Å². The molecule has 4 nitrogen and oxygen atoms in total. The van der Waals surface area contributed by atoms with Gasteiger partial charge in [0.1, 0.15) is 4.88 Å². The lowest BCUT2D eigenvalue weighted by molar-refractivity contribution is 0.103. The van der Waals surface area contributed by atoms with Crippen LogP contribution in [0.2, 0.25) is 0 Å². The average molecular weight is 257 g/mol. The third kappa shape index (κ3) is 2.93. The maximum absolute atomic E-state index is 11.8. The summed E-state index contributed by atoms with van der Waals surface area (Å²) in [4.78, 5) is 16.5. The number of aromatic nitrogens is 1. The molecule has 0 aliphatic carbocycles. The minimum absolute atomic E-state index is 0.159. The highest BCUT2D eigenvalue weighted by Crippen LogP contribution is 2.15. The minimum atomic E-state index is -0.159. The van der Waals surface area contributed by atoms with Crippen molar-refractivity contribution in [3.63, 3.8) is 0 Å². The van der Waals surface area contributed by atoms with E-state index in [1.54, 1.807) is 18.3 Å². The van der Waals surface area contributed by atoms with Gasteiger partial charge in [-0.15, -0.1) is 11.3 Å². The van der Waals surface area contributed by atoms with Crippen molar-refractivity contribution in [3.8, 4) is 6.07 Å². The van der Waals surface area contributed by atoms with E-state index >= 15 is 0 Å². The van der Waals surface area contributed by atoms with Crippen LogP contribution < -0.4 is 5.32 Å². The molecule has 2 aromatic rings. The summed E-state index contributed by atoms with van der Waals surface area (Å²) in [6, 6.07) is 9.32. The molecule has 18 heavy (non-hydrogen) atoms. The number of thiazole rings is 1. The molecule has 0 unspecified atom stereocenters. The molecule has 0 bridgehead atoms. The minimum Gasteiger partial charge on any atom is -0.321 e. The Kier molecular flexibility index (Phi) is 3.70. The second kappa shape index (κ2) is 5.43. The number of nitriles is 1. The number of amides is 1. The molecule has 1 aromatic heterocycles. The van der Waals surface area contributed by atoms with Gasteiger partial charge in [0.25, 0.3) is 5.91 Å². The fourth-order valence-electron chi connectivity index (χ4n) is 1.46. The maximum Gasteiger partial charge on any atom is 0.267 e. The van der Waals surface area contributed by atoms with Crippen molar-refractivity contribution >= 4 is 22.9 Å². The van der Waals surface area contributed by atoms with E-state index in [1.165, 1.54) is 11.3 Å². The summed E-state index contributed by atoms with van der Waals surface area (Å²) in [5, 5.41) is 12.2. The standard InChI is InChI=1S/C13H11N3OS/c1-9-15-8-12(18-9)13(17)16-11-4-2-10(3-5-11)6-7-14/h2-5,8H,6H2,1H3,(H,16,17). The number of anilines is 1. The molecule has 0 saturated heterocycles. The quantitative estimate of drug-likeness (QED) is 0.919. The molecule has 0 radical (unpaired) electrons. The first-order valence-corrected chi connectivity index (χ1v) is 6.20. The van der Waals surface area contributed by atoms with Crippen molar-refractivity contribution in [2.24, 2.45) is 0 Å². The van der Waals surface area contributed by atoms with E-state index in [0.717, 1.165) is 10.6 Å². The lowest BCUT2D eigenvalue weighted by atomic mass is 10.1. The van der Waals surface area contributed by atoms with Crippen LogP contribution >= 0.6 is 11.3 Å². The molecule has 1 amide bonds. The lowest BCUT2D eigenvalue weighted by Crippen LogP contribution is -2.09. The van der Waals surface area contributed by atoms with Crippen LogP contribution in [-0.4, -0.2) is 10.9 Å². The molecule has 0 aliphatic heterocycles. The van der Waals surface area contributed by atoms with Gasteiger partial charge in [-0.3, -0.25) is 4.79 Å². The van der Waals surface area contributed by atoms with E-state index in [1.807, 2.05) is 19.1 Å². The van der Waals surface area contributed by atoms with Crippen LogP contribution in [0, 0.1) is 18.3 Å². The molecule has 90 valence electrons. The fraction of sp³-hybridized carbons (Fsp3) is 0.154. The van der Waals surface area contributed by atoms with Crippen LogP contribution in [0.4, 0.5) is 5.69 Å². The van der Waals surface area contributed by atoms with Crippen molar-refractivity contribution in [3.05, 3.63) is 45.9 Å². The Bertz CT molecular complexity index is 595. The van der Waals surface area contributed by atoms with Crippen molar-refractivity contribution < 1.29 is 4.79 Å². The molecule has 0 aliphatic rings. The van der Waals surface area contributed by atoms with E-state index in [4.69, 9.17) is 5.26 Å². The Balaban J connectivity index is 2.05. The summed E-state index contributed by atoms with van der Waals surface area (Å²) in [6.07, 6.45) is 1.95. The Morgan fingerprint density at radius 2 is 2.17 bits per heavy atom. The van der Waals surface area contributed by atoms with Crippen LogP contribution in [0.1, 0.15) is 20.2 Å². The number of nitrogens with zero attached hydrogens (tertiary/aromatic N) is 2. The first-order valence-electron chi connectivity index (χ1n) is 5.38. The average Bonchev–Trinajstić information content (AvgIpc) is 2.79. The van der Waals surface area contributed by atoms with E-state index < -0.39 is 0 Å². The molecule has 1 heterocycles. The van der Waals surface area contributed by atoms with Gasteiger partial charge in [0.05, 0.1) is 23.7 Å². The summed E-state index contributed by atoms with van der Waals surface area (Å²) < 4.78 is 0. The summed E-state index contributed by atoms with van der Waals surface area (Å²) in [5.74, 6) is -0.159. The van der Waals surface area contributed by atoms with E-state index in [9.17, 15) is 4.79 Å². The van der Waals surface area contributed by atoms with E-state index in [2.05, 4.69) is 16.4 Å². The smallest absolute Gasteiger partial charge is 0.267 e. The zero-order valence-electron chi connectivity index (χ0n) is 9.80. The predicted molar refractivity (Wildman–Crippen MR) is 70.6 cm³/mol. The van der Waals surface area contributed by atoms with Crippen LogP contribution in [0.3, 0.4) is 0 Å². The summed E-state index contributed by atoms with van der Waals surface area (Å²) in [7, 11) is 0. The Labute approximate surface area is 109 Å². The van der Waals surface area contributed by atoms with Gasteiger partial charge in [0, 0.05) is 5.69 Å². The largest absolute Gasteiger partial charge is 0.321 e. The van der Waals surface area contributed by atoms with Gasteiger partial charge in [0.15, 0.2) is 0 Å². The Hall–Kier alpha value is -2.19. The predicted octanol–water partition coefficient (Wildman–Crippen LogP) is 2.77. The van der Waals surface area contributed by atoms with Gasteiger partial charge in [0.2, 0.25) is 0 Å². The van der Waals surface area contributed by atoms with Crippen molar-refractivity contribution in [2.45, 2.75) is 13.3 Å². The monoisotopic (exact) mass is 257 g/mol. The molecule has 0 fully saturated rings. The fourth-order valence-corrected chi connectivity index (χ4v) is 2.13. The van der Waals surface area contributed by atoms with Crippen LogP contribution in [0.25, 0.3) is 0 Å². The molecule has 0 spiro atoms. The zero-order chi connectivity index (χ0) is 13.0. The maximum atomic E-state index is 11.8. The summed E-state index contributed by atoms with van der Waals surface area (Å²) in [6.45, 7) is 1.86. The Morgan fingerprint density at radius 3 is 2.72 bits per heavy atom. The third-order valence-corrected chi connectivity index (χ3v) is 3.25.